The van der Waals surface area contributed by atoms with Gasteiger partial charge in [-0.15, -0.1) is 0 Å². The van der Waals surface area contributed by atoms with Crippen LogP contribution in [0.15, 0.2) is 36.7 Å². The van der Waals surface area contributed by atoms with Gasteiger partial charge < -0.3 is 10.5 Å². The van der Waals surface area contributed by atoms with E-state index in [1.165, 1.54) is 11.2 Å². The van der Waals surface area contributed by atoms with Crippen molar-refractivity contribution in [3.8, 4) is 11.5 Å². The van der Waals surface area contributed by atoms with Crippen LogP contribution in [0.5, 0.6) is 11.5 Å². The highest BCUT2D eigenvalue weighted by atomic mass is 16.5. The highest BCUT2D eigenvalue weighted by molar-refractivity contribution is 5.94. The van der Waals surface area contributed by atoms with E-state index < -0.39 is 0 Å². The van der Waals surface area contributed by atoms with Gasteiger partial charge in [0, 0.05) is 19.3 Å². The molecule has 0 saturated carbocycles. The third kappa shape index (κ3) is 3.17. The minimum Gasteiger partial charge on any atom is -0.456 e. The van der Waals surface area contributed by atoms with Crippen LogP contribution in [0.4, 0.5) is 5.82 Å². The van der Waals surface area contributed by atoms with Gasteiger partial charge in [-0.2, -0.15) is 0 Å². The zero-order valence-electron chi connectivity index (χ0n) is 10.4. The van der Waals surface area contributed by atoms with E-state index in [1.54, 1.807) is 37.5 Å². The fourth-order valence-electron chi connectivity index (χ4n) is 1.37. The number of pyridine rings is 2. The predicted octanol–water partition coefficient (Wildman–Crippen LogP) is 0.982. The van der Waals surface area contributed by atoms with Gasteiger partial charge in [-0.25, -0.2) is 10.8 Å². The average Bonchev–Trinajstić information content (AvgIpc) is 2.41. The smallest absolute Gasteiger partial charge is 0.161 e. The average molecular weight is 258 g/mol. The maximum atomic E-state index is 7.74. The molecule has 2 aromatic heterocycles. The first kappa shape index (κ1) is 12.8. The molecule has 7 heteroatoms. The highest BCUT2D eigenvalue weighted by Gasteiger charge is 2.07. The molecular weight excluding hydrogens is 244 g/mol. The number of nitrogens with one attached hydrogen (secondary N) is 1. The molecule has 0 fully saturated rings. The molecule has 7 nitrogen and oxygen atoms in total. The van der Waals surface area contributed by atoms with E-state index in [4.69, 9.17) is 21.7 Å². The van der Waals surface area contributed by atoms with Crippen LogP contribution in [0.2, 0.25) is 0 Å². The van der Waals surface area contributed by atoms with Crippen LogP contribution in [-0.2, 0) is 0 Å². The van der Waals surface area contributed by atoms with Crippen molar-refractivity contribution in [1.82, 2.24) is 15.0 Å². The molecule has 0 aliphatic rings. The molecular formula is C12H14N6O. The van der Waals surface area contributed by atoms with Crippen LogP contribution < -0.4 is 16.3 Å². The Labute approximate surface area is 110 Å². The molecule has 0 radical (unpaired) electrons. The van der Waals surface area contributed by atoms with Crippen LogP contribution >= 0.6 is 0 Å². The molecule has 0 aliphatic carbocycles. The lowest BCUT2D eigenvalue weighted by molar-refractivity contribution is 0.478. The quantitative estimate of drug-likeness (QED) is 0.327. The Morgan fingerprint density at radius 1 is 1.26 bits per heavy atom. The first-order valence-corrected chi connectivity index (χ1v) is 5.49. The van der Waals surface area contributed by atoms with Gasteiger partial charge in [-0.3, -0.25) is 15.4 Å². The lowest BCUT2D eigenvalue weighted by Crippen LogP contribution is -2.33. The second-order valence-electron chi connectivity index (χ2n) is 3.86. The van der Waals surface area contributed by atoms with Gasteiger partial charge >= 0.3 is 0 Å². The first-order chi connectivity index (χ1) is 9.06. The summed E-state index contributed by atoms with van der Waals surface area (Å²) in [7, 11) is 1.57. The molecule has 0 atom stereocenters. The van der Waals surface area contributed by atoms with Crippen molar-refractivity contribution in [3.63, 3.8) is 0 Å². The van der Waals surface area contributed by atoms with Gasteiger partial charge in [0.05, 0.1) is 6.20 Å². The third-order valence-electron chi connectivity index (χ3n) is 2.32. The molecule has 2 rings (SSSR count). The van der Waals surface area contributed by atoms with Crippen molar-refractivity contribution in [1.29, 1.82) is 5.41 Å². The van der Waals surface area contributed by atoms with Crippen LogP contribution in [0, 0.1) is 5.41 Å². The lowest BCUT2D eigenvalue weighted by Gasteiger charge is -2.13. The molecule has 0 aliphatic heterocycles. The van der Waals surface area contributed by atoms with Crippen molar-refractivity contribution in [2.24, 2.45) is 5.84 Å². The van der Waals surface area contributed by atoms with Crippen molar-refractivity contribution in [2.75, 3.05) is 12.8 Å². The molecule has 0 unspecified atom stereocenters. The molecule has 0 amide bonds. The summed E-state index contributed by atoms with van der Waals surface area (Å²) >= 11 is 0. The lowest BCUT2D eigenvalue weighted by atomic mass is 10.3. The van der Waals surface area contributed by atoms with E-state index >= 15 is 0 Å². The zero-order chi connectivity index (χ0) is 13.8. The highest BCUT2D eigenvalue weighted by Crippen LogP contribution is 2.21. The van der Waals surface area contributed by atoms with E-state index in [9.17, 15) is 0 Å². The third-order valence-corrected chi connectivity index (χ3v) is 2.32. The molecule has 98 valence electrons. The van der Waals surface area contributed by atoms with E-state index in [0.717, 1.165) is 0 Å². The number of nitrogen functional groups attached to an aromatic ring is 1. The van der Waals surface area contributed by atoms with Gasteiger partial charge in [0.15, 0.2) is 5.84 Å². The zero-order valence-corrected chi connectivity index (χ0v) is 10.4. The van der Waals surface area contributed by atoms with Crippen LogP contribution in [0.3, 0.4) is 0 Å². The van der Waals surface area contributed by atoms with E-state index in [-0.39, 0.29) is 5.84 Å². The van der Waals surface area contributed by atoms with Crippen molar-refractivity contribution < 1.29 is 4.74 Å². The Hall–Kier alpha value is -2.67. The standard InChI is InChI=1S/C12H14N6O/c1-18(15)12(14)10-6-8(4-5-16-10)19-9-2-3-11(13)17-7-9/h2-7,14H,15H2,1H3,(H2,13,17). The minimum absolute atomic E-state index is 0.0980. The molecule has 0 aromatic carbocycles. The van der Waals surface area contributed by atoms with Gasteiger partial charge in [-0.05, 0) is 18.2 Å². The summed E-state index contributed by atoms with van der Waals surface area (Å²) in [6.07, 6.45) is 3.07. The Kier molecular flexibility index (Phi) is 3.58. The largest absolute Gasteiger partial charge is 0.456 e. The molecule has 19 heavy (non-hydrogen) atoms. The maximum Gasteiger partial charge on any atom is 0.161 e. The second kappa shape index (κ2) is 5.32. The van der Waals surface area contributed by atoms with Crippen molar-refractivity contribution >= 4 is 11.7 Å². The SMILES string of the molecule is CN(N)C(=N)c1cc(Oc2ccc(N)nc2)ccn1. The number of amidine groups is 1. The fourth-order valence-corrected chi connectivity index (χ4v) is 1.37. The molecule has 2 heterocycles. The molecule has 0 spiro atoms. The summed E-state index contributed by atoms with van der Waals surface area (Å²) in [5, 5.41) is 8.92. The monoisotopic (exact) mass is 258 g/mol. The summed E-state index contributed by atoms with van der Waals surface area (Å²) in [5.41, 5.74) is 5.92. The Bertz CT molecular complexity index is 581. The van der Waals surface area contributed by atoms with Gasteiger partial charge in [0.2, 0.25) is 0 Å². The van der Waals surface area contributed by atoms with Crippen LogP contribution in [-0.4, -0.2) is 27.9 Å². The summed E-state index contributed by atoms with van der Waals surface area (Å²) in [6.45, 7) is 0. The number of nitrogens with zero attached hydrogens (tertiary/aromatic N) is 3. The van der Waals surface area contributed by atoms with E-state index in [0.29, 0.717) is 23.0 Å². The number of hydrogen-bond donors (Lipinski definition) is 3. The Balaban J connectivity index is 2.19. The second-order valence-corrected chi connectivity index (χ2v) is 3.86. The maximum absolute atomic E-state index is 7.74. The van der Waals surface area contributed by atoms with Gasteiger partial charge in [0.25, 0.3) is 0 Å². The number of nitrogens with two attached hydrogens (primary N) is 2. The number of anilines is 1. The number of rotatable bonds is 3. The Morgan fingerprint density at radius 2 is 2.05 bits per heavy atom. The topological polar surface area (TPSA) is 114 Å². The molecule has 2 aromatic rings. The van der Waals surface area contributed by atoms with E-state index in [1.807, 2.05) is 0 Å². The first-order valence-electron chi connectivity index (χ1n) is 5.49. The Morgan fingerprint density at radius 3 is 2.68 bits per heavy atom. The van der Waals surface area contributed by atoms with Gasteiger partial charge in [0.1, 0.15) is 23.0 Å². The minimum atomic E-state index is 0.0980. The van der Waals surface area contributed by atoms with Gasteiger partial charge in [-0.1, -0.05) is 0 Å². The van der Waals surface area contributed by atoms with E-state index in [2.05, 4.69) is 9.97 Å². The number of aromatic nitrogens is 2. The molecule has 0 bridgehead atoms. The summed E-state index contributed by atoms with van der Waals surface area (Å²) in [5.74, 6) is 7.11. The number of hydrogen-bond acceptors (Lipinski definition) is 6. The summed E-state index contributed by atoms with van der Waals surface area (Å²) < 4.78 is 5.59. The molecule has 0 saturated heterocycles. The number of ether oxygens (including phenoxy) is 1. The number of hydrazine groups is 1. The summed E-state index contributed by atoms with van der Waals surface area (Å²) in [4.78, 5) is 7.98. The van der Waals surface area contributed by atoms with Crippen LogP contribution in [0.25, 0.3) is 0 Å². The predicted molar refractivity (Wildman–Crippen MR) is 71.7 cm³/mol. The fraction of sp³-hybridized carbons (Fsp3) is 0.0833. The van der Waals surface area contributed by atoms with Crippen molar-refractivity contribution in [3.05, 3.63) is 42.4 Å². The summed E-state index contributed by atoms with van der Waals surface area (Å²) in [6, 6.07) is 6.67. The van der Waals surface area contributed by atoms with Crippen molar-refractivity contribution in [2.45, 2.75) is 0 Å². The van der Waals surface area contributed by atoms with Crippen LogP contribution in [0.1, 0.15) is 5.69 Å². The normalized spacial score (nSPS) is 10.0. The molecule has 5 N–H and O–H groups in total.